The monoisotopic (exact) mass is 238 g/mol. The summed E-state index contributed by atoms with van der Waals surface area (Å²) in [6, 6.07) is 0.293. The van der Waals surface area contributed by atoms with Crippen LogP contribution in [0.2, 0.25) is 0 Å². The molecule has 4 heteroatoms. The van der Waals surface area contributed by atoms with Crippen molar-refractivity contribution in [3.63, 3.8) is 0 Å². The Morgan fingerprint density at radius 3 is 2.71 bits per heavy atom. The van der Waals surface area contributed by atoms with Gasteiger partial charge in [-0.15, -0.1) is 0 Å². The van der Waals surface area contributed by atoms with Crippen LogP contribution in [-0.4, -0.2) is 33.8 Å². The Balaban J connectivity index is 2.45. The van der Waals surface area contributed by atoms with Crippen molar-refractivity contribution >= 4 is 0 Å². The minimum Gasteiger partial charge on any atom is -0.327 e. The molecule has 1 unspecified atom stereocenters. The topological polar surface area (TPSA) is 47.1 Å². The molecule has 17 heavy (non-hydrogen) atoms. The molecule has 0 amide bonds. The Morgan fingerprint density at radius 2 is 2.18 bits per heavy atom. The summed E-state index contributed by atoms with van der Waals surface area (Å²) < 4.78 is 1.97. The Bertz CT molecular complexity index is 308. The lowest BCUT2D eigenvalue weighted by molar-refractivity contribution is 0.256. The van der Waals surface area contributed by atoms with Crippen molar-refractivity contribution in [2.75, 3.05) is 13.1 Å². The van der Waals surface area contributed by atoms with Crippen LogP contribution in [0.4, 0.5) is 0 Å². The van der Waals surface area contributed by atoms with E-state index in [1.54, 1.807) is 0 Å². The van der Waals surface area contributed by atoms with E-state index in [1.807, 2.05) is 10.9 Å². The molecular weight excluding hydrogens is 212 g/mol. The van der Waals surface area contributed by atoms with Crippen LogP contribution in [0.3, 0.4) is 0 Å². The third-order valence-corrected chi connectivity index (χ3v) is 3.02. The van der Waals surface area contributed by atoms with Gasteiger partial charge in [0.15, 0.2) is 0 Å². The molecule has 1 aromatic heterocycles. The van der Waals surface area contributed by atoms with Crippen LogP contribution in [0.25, 0.3) is 0 Å². The summed E-state index contributed by atoms with van der Waals surface area (Å²) in [5, 5.41) is 4.30. The van der Waals surface area contributed by atoms with Gasteiger partial charge in [-0.3, -0.25) is 9.58 Å². The SMILES string of the molecule is CCCC(N)CN(CC)Cc1cnn(CC)c1. The number of nitrogens with zero attached hydrogens (tertiary/aromatic N) is 3. The molecule has 0 saturated heterocycles. The van der Waals surface area contributed by atoms with E-state index in [0.717, 1.165) is 39.0 Å². The summed E-state index contributed by atoms with van der Waals surface area (Å²) in [5.74, 6) is 0. The van der Waals surface area contributed by atoms with Gasteiger partial charge >= 0.3 is 0 Å². The Morgan fingerprint density at radius 1 is 1.41 bits per heavy atom. The lowest BCUT2D eigenvalue weighted by Gasteiger charge is -2.23. The maximum Gasteiger partial charge on any atom is 0.0534 e. The van der Waals surface area contributed by atoms with Gasteiger partial charge in [0, 0.05) is 37.4 Å². The molecule has 0 spiro atoms. The standard InChI is InChI=1S/C13H26N4/c1-4-7-13(14)11-16(5-2)9-12-8-15-17(6-3)10-12/h8,10,13H,4-7,9,11,14H2,1-3H3. The molecule has 0 aliphatic rings. The molecule has 0 radical (unpaired) electrons. The van der Waals surface area contributed by atoms with Crippen molar-refractivity contribution in [1.29, 1.82) is 0 Å². The highest BCUT2D eigenvalue weighted by Gasteiger charge is 2.09. The first kappa shape index (κ1) is 14.2. The van der Waals surface area contributed by atoms with Gasteiger partial charge < -0.3 is 5.73 Å². The molecule has 1 atom stereocenters. The lowest BCUT2D eigenvalue weighted by atomic mass is 10.1. The van der Waals surface area contributed by atoms with E-state index in [9.17, 15) is 0 Å². The van der Waals surface area contributed by atoms with Crippen LogP contribution in [-0.2, 0) is 13.1 Å². The van der Waals surface area contributed by atoms with E-state index in [4.69, 9.17) is 5.73 Å². The first-order chi connectivity index (χ1) is 8.19. The van der Waals surface area contributed by atoms with Gasteiger partial charge in [-0.25, -0.2) is 0 Å². The largest absolute Gasteiger partial charge is 0.327 e. The second-order valence-electron chi connectivity index (χ2n) is 4.58. The second kappa shape index (κ2) is 7.45. The number of aromatic nitrogens is 2. The van der Waals surface area contributed by atoms with Crippen LogP contribution in [0, 0.1) is 0 Å². The number of likely N-dealkylation sites (N-methyl/N-ethyl adjacent to an activating group) is 1. The third-order valence-electron chi connectivity index (χ3n) is 3.02. The van der Waals surface area contributed by atoms with Gasteiger partial charge in [0.05, 0.1) is 6.20 Å². The van der Waals surface area contributed by atoms with Crippen LogP contribution in [0.15, 0.2) is 12.4 Å². The first-order valence-corrected chi connectivity index (χ1v) is 6.68. The highest BCUT2D eigenvalue weighted by Crippen LogP contribution is 2.05. The average molecular weight is 238 g/mol. The Labute approximate surface area is 105 Å². The molecule has 2 N–H and O–H groups in total. The maximum absolute atomic E-state index is 6.08. The van der Waals surface area contributed by atoms with Crippen LogP contribution < -0.4 is 5.73 Å². The summed E-state index contributed by atoms with van der Waals surface area (Å²) in [6.07, 6.45) is 6.34. The number of aryl methyl sites for hydroxylation is 1. The molecule has 98 valence electrons. The van der Waals surface area contributed by atoms with Crippen molar-refractivity contribution < 1.29 is 0 Å². The van der Waals surface area contributed by atoms with Gasteiger partial charge in [0.25, 0.3) is 0 Å². The van der Waals surface area contributed by atoms with Gasteiger partial charge in [0.1, 0.15) is 0 Å². The molecule has 0 saturated carbocycles. The Kier molecular flexibility index (Phi) is 6.22. The zero-order chi connectivity index (χ0) is 12.7. The van der Waals surface area contributed by atoms with Gasteiger partial charge in [-0.1, -0.05) is 20.3 Å². The average Bonchev–Trinajstić information content (AvgIpc) is 2.76. The minimum atomic E-state index is 0.293. The fourth-order valence-electron chi connectivity index (χ4n) is 2.02. The zero-order valence-corrected chi connectivity index (χ0v) is 11.4. The van der Waals surface area contributed by atoms with Crippen LogP contribution in [0.5, 0.6) is 0 Å². The number of rotatable bonds is 8. The summed E-state index contributed by atoms with van der Waals surface area (Å²) in [6.45, 7) is 10.4. The summed E-state index contributed by atoms with van der Waals surface area (Å²) in [7, 11) is 0. The molecule has 1 rings (SSSR count). The fourth-order valence-corrected chi connectivity index (χ4v) is 2.02. The van der Waals surface area contributed by atoms with E-state index in [2.05, 4.69) is 37.0 Å². The zero-order valence-electron chi connectivity index (χ0n) is 11.4. The number of hydrogen-bond donors (Lipinski definition) is 1. The molecule has 1 aromatic rings. The summed E-state index contributed by atoms with van der Waals surface area (Å²) >= 11 is 0. The van der Waals surface area contributed by atoms with E-state index in [0.29, 0.717) is 6.04 Å². The molecule has 1 heterocycles. The van der Waals surface area contributed by atoms with E-state index in [-0.39, 0.29) is 0 Å². The number of hydrogen-bond acceptors (Lipinski definition) is 3. The van der Waals surface area contributed by atoms with Crippen molar-refractivity contribution in [3.8, 4) is 0 Å². The Hall–Kier alpha value is -0.870. The van der Waals surface area contributed by atoms with Crippen LogP contribution >= 0.6 is 0 Å². The predicted octanol–water partition coefficient (Wildman–Crippen LogP) is 1.85. The van der Waals surface area contributed by atoms with Crippen LogP contribution in [0.1, 0.15) is 39.2 Å². The maximum atomic E-state index is 6.08. The minimum absolute atomic E-state index is 0.293. The molecule has 0 aromatic carbocycles. The molecule has 0 fully saturated rings. The molecule has 4 nitrogen and oxygen atoms in total. The van der Waals surface area contributed by atoms with Gasteiger partial charge in [-0.05, 0) is 19.9 Å². The normalized spacial score (nSPS) is 13.2. The smallest absolute Gasteiger partial charge is 0.0534 e. The van der Waals surface area contributed by atoms with Crippen molar-refractivity contribution in [3.05, 3.63) is 18.0 Å². The van der Waals surface area contributed by atoms with Crippen molar-refractivity contribution in [1.82, 2.24) is 14.7 Å². The molecule has 0 aliphatic carbocycles. The van der Waals surface area contributed by atoms with E-state index < -0.39 is 0 Å². The highest BCUT2D eigenvalue weighted by atomic mass is 15.3. The fraction of sp³-hybridized carbons (Fsp3) is 0.769. The highest BCUT2D eigenvalue weighted by molar-refractivity contribution is 5.03. The number of nitrogens with two attached hydrogens (primary N) is 1. The van der Waals surface area contributed by atoms with E-state index in [1.165, 1.54) is 5.56 Å². The van der Waals surface area contributed by atoms with Gasteiger partial charge in [0.2, 0.25) is 0 Å². The summed E-state index contributed by atoms with van der Waals surface area (Å²) in [4.78, 5) is 2.39. The van der Waals surface area contributed by atoms with Crippen molar-refractivity contribution in [2.24, 2.45) is 5.73 Å². The lowest BCUT2D eigenvalue weighted by Crippen LogP contribution is -2.36. The van der Waals surface area contributed by atoms with E-state index >= 15 is 0 Å². The second-order valence-corrected chi connectivity index (χ2v) is 4.58. The first-order valence-electron chi connectivity index (χ1n) is 6.68. The predicted molar refractivity (Wildman–Crippen MR) is 71.7 cm³/mol. The summed E-state index contributed by atoms with van der Waals surface area (Å²) in [5.41, 5.74) is 7.36. The quantitative estimate of drug-likeness (QED) is 0.752. The molecular formula is C13H26N4. The van der Waals surface area contributed by atoms with Gasteiger partial charge in [-0.2, -0.15) is 5.10 Å². The molecule has 0 bridgehead atoms. The molecule has 0 aliphatic heterocycles. The third kappa shape index (κ3) is 4.88. The van der Waals surface area contributed by atoms with Crippen molar-refractivity contribution in [2.45, 2.75) is 52.7 Å².